The van der Waals surface area contributed by atoms with Crippen LogP contribution in [0.15, 0.2) is 17.4 Å². The maximum atomic E-state index is 10.7. The Balaban J connectivity index is 2.50. The van der Waals surface area contributed by atoms with E-state index in [0.29, 0.717) is 0 Å². The minimum Gasteiger partial charge on any atom is -0.383 e. The first kappa shape index (κ1) is 22.4. The molecule has 1 rings (SSSR count). The van der Waals surface area contributed by atoms with Gasteiger partial charge >= 0.3 is 0 Å². The average Bonchev–Trinajstić information content (AvgIpc) is 3.04. The van der Waals surface area contributed by atoms with Crippen LogP contribution < -0.4 is 10.6 Å². The lowest BCUT2D eigenvalue weighted by Gasteiger charge is -2.22. The molecule has 7 heteroatoms. The van der Waals surface area contributed by atoms with Crippen molar-refractivity contribution in [3.8, 4) is 0 Å². The predicted octanol–water partition coefficient (Wildman–Crippen LogP) is 1.69. The Labute approximate surface area is 158 Å². The molecule has 3 N–H and O–H groups in total. The highest BCUT2D eigenvalue weighted by Crippen LogP contribution is 2.19. The summed E-state index contributed by atoms with van der Waals surface area (Å²) in [4.78, 5) is 7.07. The maximum absolute atomic E-state index is 10.7. The van der Waals surface area contributed by atoms with E-state index in [1.807, 2.05) is 20.2 Å². The molecule has 1 atom stereocenters. The average molecular weight is 367 g/mol. The Morgan fingerprint density at radius 2 is 1.92 bits per heavy atom. The van der Waals surface area contributed by atoms with Crippen LogP contribution in [0.4, 0.5) is 0 Å². The maximum Gasteiger partial charge on any atom is 0.191 e. The van der Waals surface area contributed by atoms with Crippen LogP contribution in [0.5, 0.6) is 0 Å². The van der Waals surface area contributed by atoms with Crippen LogP contribution in [0.25, 0.3) is 0 Å². The summed E-state index contributed by atoms with van der Waals surface area (Å²) in [7, 11) is 1.84. The van der Waals surface area contributed by atoms with Crippen molar-refractivity contribution in [2.75, 3.05) is 39.3 Å². The van der Waals surface area contributed by atoms with Gasteiger partial charge in [0.1, 0.15) is 5.60 Å². The number of aliphatic hydroxyl groups is 1. The zero-order valence-corrected chi connectivity index (χ0v) is 17.3. The minimum atomic E-state index is -1.03. The van der Waals surface area contributed by atoms with E-state index < -0.39 is 5.60 Å². The highest BCUT2D eigenvalue weighted by Gasteiger charge is 2.24. The summed E-state index contributed by atoms with van der Waals surface area (Å²) >= 11 is 0. The second kappa shape index (κ2) is 11.9. The van der Waals surface area contributed by atoms with Crippen molar-refractivity contribution >= 4 is 5.96 Å². The van der Waals surface area contributed by atoms with E-state index in [9.17, 15) is 5.11 Å². The molecule has 0 bridgehead atoms. The van der Waals surface area contributed by atoms with Crippen molar-refractivity contribution in [2.24, 2.45) is 12.0 Å². The molecule has 0 saturated carbocycles. The molecule has 1 heterocycles. The third-order valence-corrected chi connectivity index (χ3v) is 4.24. The number of nitrogens with one attached hydrogen (secondary N) is 2. The molecule has 1 unspecified atom stereocenters. The molecule has 7 nitrogen and oxygen atoms in total. The van der Waals surface area contributed by atoms with Crippen LogP contribution in [0.2, 0.25) is 0 Å². The summed E-state index contributed by atoms with van der Waals surface area (Å²) in [6.07, 6.45) is 6.98. The van der Waals surface area contributed by atoms with Gasteiger partial charge in [-0.15, -0.1) is 0 Å². The summed E-state index contributed by atoms with van der Waals surface area (Å²) in [5, 5.41) is 21.4. The second-order valence-corrected chi connectivity index (χ2v) is 6.99. The van der Waals surface area contributed by atoms with Crippen LogP contribution in [0.1, 0.15) is 52.5 Å². The summed E-state index contributed by atoms with van der Waals surface area (Å²) in [5.41, 5.74) is -0.260. The SMILES string of the molecule is CCCN(CCC)CCCNC(=NCC(C)(O)c1cnn(C)c1)NCC. The molecule has 150 valence electrons. The molecule has 1 aromatic rings. The lowest BCUT2D eigenvalue weighted by atomic mass is 10.0. The van der Waals surface area contributed by atoms with Gasteiger partial charge in [0.25, 0.3) is 0 Å². The number of aryl methyl sites for hydroxylation is 1. The predicted molar refractivity (Wildman–Crippen MR) is 108 cm³/mol. The molecule has 26 heavy (non-hydrogen) atoms. The van der Waals surface area contributed by atoms with E-state index in [1.165, 1.54) is 12.8 Å². The van der Waals surface area contributed by atoms with Gasteiger partial charge in [-0.25, -0.2) is 4.99 Å². The number of aliphatic imine (C=N–C) groups is 1. The van der Waals surface area contributed by atoms with Crippen molar-refractivity contribution in [3.05, 3.63) is 18.0 Å². The van der Waals surface area contributed by atoms with Crippen molar-refractivity contribution < 1.29 is 5.11 Å². The molecule has 0 aliphatic heterocycles. The lowest BCUT2D eigenvalue weighted by molar-refractivity contribution is 0.0672. The van der Waals surface area contributed by atoms with Gasteiger partial charge < -0.3 is 20.6 Å². The molecule has 0 aliphatic rings. The highest BCUT2D eigenvalue weighted by atomic mass is 16.3. The first-order valence-corrected chi connectivity index (χ1v) is 9.89. The quantitative estimate of drug-likeness (QED) is 0.298. The number of nitrogens with zero attached hydrogens (tertiary/aromatic N) is 4. The zero-order chi connectivity index (χ0) is 19.4. The molecular weight excluding hydrogens is 328 g/mol. The number of hydrogen-bond donors (Lipinski definition) is 3. The fourth-order valence-electron chi connectivity index (χ4n) is 2.84. The van der Waals surface area contributed by atoms with Crippen LogP contribution in [-0.4, -0.2) is 65.0 Å². The van der Waals surface area contributed by atoms with Gasteiger partial charge in [0.05, 0.1) is 12.7 Å². The van der Waals surface area contributed by atoms with Crippen LogP contribution >= 0.6 is 0 Å². The third-order valence-electron chi connectivity index (χ3n) is 4.24. The van der Waals surface area contributed by atoms with Crippen LogP contribution in [-0.2, 0) is 12.6 Å². The van der Waals surface area contributed by atoms with Crippen molar-refractivity contribution in [1.82, 2.24) is 25.3 Å². The van der Waals surface area contributed by atoms with Crippen molar-refractivity contribution in [3.63, 3.8) is 0 Å². The summed E-state index contributed by atoms with van der Waals surface area (Å²) in [5.74, 6) is 0.745. The van der Waals surface area contributed by atoms with E-state index in [1.54, 1.807) is 17.8 Å². The van der Waals surface area contributed by atoms with Gasteiger partial charge in [-0.1, -0.05) is 13.8 Å². The van der Waals surface area contributed by atoms with Gasteiger partial charge in [0.2, 0.25) is 0 Å². The Hall–Kier alpha value is -1.60. The Morgan fingerprint density at radius 1 is 1.23 bits per heavy atom. The normalized spacial score (nSPS) is 14.5. The molecule has 0 radical (unpaired) electrons. The molecule has 0 fully saturated rings. The molecule has 1 aromatic heterocycles. The van der Waals surface area contributed by atoms with Gasteiger partial charge in [-0.2, -0.15) is 5.10 Å². The van der Waals surface area contributed by atoms with E-state index >= 15 is 0 Å². The van der Waals surface area contributed by atoms with Gasteiger partial charge in [-0.3, -0.25) is 4.68 Å². The Kier molecular flexibility index (Phi) is 10.3. The van der Waals surface area contributed by atoms with Gasteiger partial charge in [0, 0.05) is 31.9 Å². The fourth-order valence-corrected chi connectivity index (χ4v) is 2.84. The van der Waals surface area contributed by atoms with Crippen molar-refractivity contribution in [2.45, 2.75) is 52.6 Å². The third kappa shape index (κ3) is 8.19. The summed E-state index contributed by atoms with van der Waals surface area (Å²) < 4.78 is 1.69. The monoisotopic (exact) mass is 366 g/mol. The smallest absolute Gasteiger partial charge is 0.191 e. The van der Waals surface area contributed by atoms with Crippen LogP contribution in [0.3, 0.4) is 0 Å². The molecule has 0 saturated heterocycles. The van der Waals surface area contributed by atoms with Crippen LogP contribution in [0, 0.1) is 0 Å². The topological polar surface area (TPSA) is 77.7 Å². The second-order valence-electron chi connectivity index (χ2n) is 6.99. The summed E-state index contributed by atoms with van der Waals surface area (Å²) in [6.45, 7) is 13.6. The largest absolute Gasteiger partial charge is 0.383 e. The van der Waals surface area contributed by atoms with Gasteiger partial charge in [0.15, 0.2) is 5.96 Å². The fraction of sp³-hybridized carbons (Fsp3) is 0.789. The number of guanidine groups is 1. The Bertz CT molecular complexity index is 520. The molecule has 0 spiro atoms. The van der Waals surface area contributed by atoms with Gasteiger partial charge in [-0.05, 0) is 52.7 Å². The first-order valence-electron chi connectivity index (χ1n) is 9.89. The number of rotatable bonds is 12. The summed E-state index contributed by atoms with van der Waals surface area (Å²) in [6, 6.07) is 0. The minimum absolute atomic E-state index is 0.284. The number of hydrogen-bond acceptors (Lipinski definition) is 4. The van der Waals surface area contributed by atoms with E-state index in [4.69, 9.17) is 0 Å². The number of aromatic nitrogens is 2. The van der Waals surface area contributed by atoms with Crippen molar-refractivity contribution in [1.29, 1.82) is 0 Å². The molecule has 0 aromatic carbocycles. The highest BCUT2D eigenvalue weighted by molar-refractivity contribution is 5.79. The standard InChI is InChI=1S/C19H38N6O/c1-6-11-25(12-7-2)13-9-10-21-18(20-8-3)22-16-19(4,26)17-14-23-24(5)15-17/h14-15,26H,6-13,16H2,1-5H3,(H2,20,21,22). The van der Waals surface area contributed by atoms with E-state index in [-0.39, 0.29) is 6.54 Å². The first-order chi connectivity index (χ1) is 12.4. The van der Waals surface area contributed by atoms with E-state index in [2.05, 4.69) is 39.5 Å². The van der Waals surface area contributed by atoms with E-state index in [0.717, 1.165) is 50.7 Å². The zero-order valence-electron chi connectivity index (χ0n) is 17.3. The molecule has 0 amide bonds. The Morgan fingerprint density at radius 3 is 2.46 bits per heavy atom. The molecular formula is C19H38N6O. The lowest BCUT2D eigenvalue weighted by Crippen LogP contribution is -2.40. The molecule has 0 aliphatic carbocycles.